The highest BCUT2D eigenvalue weighted by molar-refractivity contribution is 5.57. The molecule has 3 aromatic heterocycles. The van der Waals surface area contributed by atoms with Crippen molar-refractivity contribution in [1.82, 2.24) is 24.5 Å². The van der Waals surface area contributed by atoms with Crippen LogP contribution in [0.4, 0.5) is 0 Å². The van der Waals surface area contributed by atoms with Crippen molar-refractivity contribution in [1.29, 1.82) is 0 Å². The van der Waals surface area contributed by atoms with Gasteiger partial charge in [-0.1, -0.05) is 20.8 Å². The highest BCUT2D eigenvalue weighted by Crippen LogP contribution is 2.28. The van der Waals surface area contributed by atoms with Gasteiger partial charge in [-0.25, -0.2) is 15.0 Å². The number of aromatic nitrogens is 5. The van der Waals surface area contributed by atoms with Crippen LogP contribution in [0.3, 0.4) is 0 Å². The molecule has 7 heteroatoms. The highest BCUT2D eigenvalue weighted by atomic mass is 16.5. The van der Waals surface area contributed by atoms with Gasteiger partial charge in [-0.2, -0.15) is 0 Å². The molecule has 7 nitrogen and oxygen atoms in total. The van der Waals surface area contributed by atoms with Crippen LogP contribution in [0.5, 0.6) is 0 Å². The van der Waals surface area contributed by atoms with Crippen molar-refractivity contribution < 1.29 is 9.15 Å². The third-order valence-electron chi connectivity index (χ3n) is 4.79. The van der Waals surface area contributed by atoms with Gasteiger partial charge < -0.3 is 13.7 Å². The van der Waals surface area contributed by atoms with Crippen molar-refractivity contribution >= 4 is 0 Å². The fourth-order valence-corrected chi connectivity index (χ4v) is 3.43. The first-order chi connectivity index (χ1) is 13.0. The molecule has 142 valence electrons. The summed E-state index contributed by atoms with van der Waals surface area (Å²) in [4.78, 5) is 18.0. The van der Waals surface area contributed by atoms with E-state index in [9.17, 15) is 0 Å². The van der Waals surface area contributed by atoms with Gasteiger partial charge in [0.05, 0.1) is 18.6 Å². The molecule has 1 aliphatic heterocycles. The summed E-state index contributed by atoms with van der Waals surface area (Å²) < 4.78 is 13.1. The Morgan fingerprint density at radius 2 is 1.85 bits per heavy atom. The predicted molar refractivity (Wildman–Crippen MR) is 101 cm³/mol. The second-order valence-electron chi connectivity index (χ2n) is 8.03. The second kappa shape index (κ2) is 7.23. The quantitative estimate of drug-likeness (QED) is 0.699. The Hall–Kier alpha value is -2.54. The zero-order valence-electron chi connectivity index (χ0n) is 16.1. The van der Waals surface area contributed by atoms with E-state index in [-0.39, 0.29) is 5.41 Å². The first-order valence-electron chi connectivity index (χ1n) is 9.38. The number of imidazole rings is 1. The van der Waals surface area contributed by atoms with E-state index in [1.807, 2.05) is 0 Å². The lowest BCUT2D eigenvalue weighted by Gasteiger charge is -2.25. The number of hydrogen-bond acceptors (Lipinski definition) is 6. The van der Waals surface area contributed by atoms with Crippen molar-refractivity contribution in [2.24, 2.45) is 5.92 Å². The van der Waals surface area contributed by atoms with Crippen LogP contribution in [0.15, 0.2) is 35.5 Å². The van der Waals surface area contributed by atoms with E-state index < -0.39 is 0 Å². The monoisotopic (exact) mass is 367 g/mol. The molecule has 4 rings (SSSR count). The summed E-state index contributed by atoms with van der Waals surface area (Å²) in [7, 11) is 0. The maximum atomic E-state index is 5.50. The molecule has 0 unspecified atom stereocenters. The molecule has 0 atom stereocenters. The normalized spacial score (nSPS) is 16.0. The molecule has 1 saturated heterocycles. The van der Waals surface area contributed by atoms with Crippen LogP contribution in [0.25, 0.3) is 23.0 Å². The largest absolute Gasteiger partial charge is 0.443 e. The van der Waals surface area contributed by atoms with Crippen LogP contribution >= 0.6 is 0 Å². The average Bonchev–Trinajstić information content (AvgIpc) is 3.32. The molecule has 4 heterocycles. The SMILES string of the molecule is CC(C)(C)c1nc(-c2cncc(-c3ncco3)n2)cn1CC1CCOCC1. The minimum absolute atomic E-state index is 0.0585. The van der Waals surface area contributed by atoms with Gasteiger partial charge in [-0.3, -0.25) is 4.98 Å². The third-order valence-corrected chi connectivity index (χ3v) is 4.79. The molecule has 1 aliphatic rings. The summed E-state index contributed by atoms with van der Waals surface area (Å²) >= 11 is 0. The van der Waals surface area contributed by atoms with Gasteiger partial charge in [0.15, 0.2) is 0 Å². The number of oxazole rings is 1. The van der Waals surface area contributed by atoms with Gasteiger partial charge in [0, 0.05) is 31.4 Å². The Kier molecular flexibility index (Phi) is 4.78. The number of hydrogen-bond donors (Lipinski definition) is 0. The van der Waals surface area contributed by atoms with Crippen molar-refractivity contribution in [3.05, 3.63) is 36.9 Å². The maximum absolute atomic E-state index is 5.50. The molecular weight excluding hydrogens is 342 g/mol. The van der Waals surface area contributed by atoms with E-state index in [4.69, 9.17) is 14.1 Å². The molecule has 0 saturated carbocycles. The summed E-state index contributed by atoms with van der Waals surface area (Å²) in [6.45, 7) is 9.22. The molecular formula is C20H25N5O2. The lowest BCUT2D eigenvalue weighted by Crippen LogP contribution is -2.24. The Bertz CT molecular complexity index is 889. The molecule has 3 aromatic rings. The van der Waals surface area contributed by atoms with Gasteiger partial charge in [-0.05, 0) is 18.8 Å². The van der Waals surface area contributed by atoms with Gasteiger partial charge in [-0.15, -0.1) is 0 Å². The van der Waals surface area contributed by atoms with E-state index >= 15 is 0 Å². The molecule has 0 bridgehead atoms. The fourth-order valence-electron chi connectivity index (χ4n) is 3.43. The van der Waals surface area contributed by atoms with Crippen molar-refractivity contribution in [3.8, 4) is 23.0 Å². The molecule has 1 fully saturated rings. The third kappa shape index (κ3) is 3.93. The van der Waals surface area contributed by atoms with Crippen molar-refractivity contribution in [3.63, 3.8) is 0 Å². The van der Waals surface area contributed by atoms with Crippen molar-refractivity contribution in [2.45, 2.75) is 45.6 Å². The Morgan fingerprint density at radius 3 is 2.56 bits per heavy atom. The van der Waals surface area contributed by atoms with E-state index in [2.05, 4.69) is 46.5 Å². The van der Waals surface area contributed by atoms with Crippen LogP contribution in [0.1, 0.15) is 39.4 Å². The summed E-state index contributed by atoms with van der Waals surface area (Å²) in [6, 6.07) is 0. The average molecular weight is 367 g/mol. The molecule has 0 radical (unpaired) electrons. The predicted octanol–water partition coefficient (Wildman–Crippen LogP) is 3.72. The molecule has 0 aliphatic carbocycles. The fraction of sp³-hybridized carbons (Fsp3) is 0.500. The number of ether oxygens (including phenoxy) is 1. The first-order valence-corrected chi connectivity index (χ1v) is 9.38. The Morgan fingerprint density at radius 1 is 1.07 bits per heavy atom. The van der Waals surface area contributed by atoms with Crippen LogP contribution in [-0.4, -0.2) is 37.7 Å². The maximum Gasteiger partial charge on any atom is 0.246 e. The van der Waals surface area contributed by atoms with Gasteiger partial charge >= 0.3 is 0 Å². The first kappa shape index (κ1) is 17.9. The lowest BCUT2D eigenvalue weighted by atomic mass is 9.94. The Balaban J connectivity index is 1.68. The summed E-state index contributed by atoms with van der Waals surface area (Å²) in [6.07, 6.45) is 10.8. The molecule has 27 heavy (non-hydrogen) atoms. The summed E-state index contributed by atoms with van der Waals surface area (Å²) in [5.41, 5.74) is 2.10. The number of nitrogens with zero attached hydrogens (tertiary/aromatic N) is 5. The van der Waals surface area contributed by atoms with Crippen LogP contribution in [-0.2, 0) is 16.7 Å². The van der Waals surface area contributed by atoms with Crippen molar-refractivity contribution in [2.75, 3.05) is 13.2 Å². The van der Waals surface area contributed by atoms with Gasteiger partial charge in [0.2, 0.25) is 5.89 Å². The standard InChI is InChI=1S/C20H25N5O2/c1-20(2,3)19-24-17(13-25(19)12-14-4-7-26-8-5-14)15-10-21-11-16(23-15)18-22-6-9-27-18/h6,9-11,13-14H,4-5,7-8,12H2,1-3H3. The highest BCUT2D eigenvalue weighted by Gasteiger charge is 2.25. The minimum atomic E-state index is -0.0585. The van der Waals surface area contributed by atoms with E-state index in [1.165, 1.54) is 6.26 Å². The second-order valence-corrected chi connectivity index (χ2v) is 8.03. The minimum Gasteiger partial charge on any atom is -0.443 e. The topological polar surface area (TPSA) is 78.9 Å². The van der Waals surface area contributed by atoms with E-state index in [0.717, 1.165) is 49.8 Å². The van der Waals surface area contributed by atoms with Gasteiger partial charge in [0.1, 0.15) is 29.2 Å². The van der Waals surface area contributed by atoms with Crippen LogP contribution in [0, 0.1) is 5.92 Å². The smallest absolute Gasteiger partial charge is 0.246 e. The summed E-state index contributed by atoms with van der Waals surface area (Å²) in [5, 5.41) is 0. The summed E-state index contributed by atoms with van der Waals surface area (Å²) in [5.74, 6) is 2.14. The zero-order valence-corrected chi connectivity index (χ0v) is 16.1. The van der Waals surface area contributed by atoms with Crippen LogP contribution < -0.4 is 0 Å². The lowest BCUT2D eigenvalue weighted by molar-refractivity contribution is 0.0608. The van der Waals surface area contributed by atoms with Crippen LogP contribution in [0.2, 0.25) is 0 Å². The number of rotatable bonds is 4. The molecule has 0 aromatic carbocycles. The molecule has 0 N–H and O–H groups in total. The van der Waals surface area contributed by atoms with E-state index in [1.54, 1.807) is 18.6 Å². The Labute approximate surface area is 158 Å². The molecule has 0 amide bonds. The molecule has 0 spiro atoms. The zero-order chi connectivity index (χ0) is 18.9. The van der Waals surface area contributed by atoms with Gasteiger partial charge in [0.25, 0.3) is 0 Å². The van der Waals surface area contributed by atoms with E-state index in [0.29, 0.717) is 17.5 Å².